The van der Waals surface area contributed by atoms with Crippen molar-refractivity contribution >= 4 is 17.7 Å². The van der Waals surface area contributed by atoms with Crippen LogP contribution < -0.4 is 10.6 Å². The number of benzene rings is 1. The van der Waals surface area contributed by atoms with Crippen molar-refractivity contribution in [1.29, 1.82) is 0 Å². The molecule has 22 heavy (non-hydrogen) atoms. The Hall–Kier alpha value is -2.04. The Bertz CT molecular complexity index is 522. The summed E-state index contributed by atoms with van der Waals surface area (Å²) in [6.07, 6.45) is 4.36. The maximum absolute atomic E-state index is 12.0. The zero-order chi connectivity index (χ0) is 15.9. The van der Waals surface area contributed by atoms with E-state index in [1.165, 1.54) is 0 Å². The van der Waals surface area contributed by atoms with Crippen molar-refractivity contribution in [3.8, 4) is 0 Å². The Morgan fingerprint density at radius 1 is 1.23 bits per heavy atom. The summed E-state index contributed by atoms with van der Waals surface area (Å²) >= 11 is 0. The predicted octanol–water partition coefficient (Wildman–Crippen LogP) is 3.56. The molecule has 2 N–H and O–H groups in total. The molecule has 1 aliphatic rings. The molecule has 0 unspecified atom stereocenters. The third kappa shape index (κ3) is 4.76. The average Bonchev–Trinajstić information content (AvgIpc) is 2.50. The first-order valence-electron chi connectivity index (χ1n) is 7.93. The SMILES string of the molecule is CCOC(=O)c1cccc(NC(=O)NC2CCC(C)CC2)c1. The van der Waals surface area contributed by atoms with E-state index in [-0.39, 0.29) is 18.0 Å². The van der Waals surface area contributed by atoms with Gasteiger partial charge in [0.1, 0.15) is 0 Å². The van der Waals surface area contributed by atoms with Crippen molar-refractivity contribution in [2.24, 2.45) is 5.92 Å². The molecule has 5 heteroatoms. The molecule has 1 saturated carbocycles. The summed E-state index contributed by atoms with van der Waals surface area (Å²) in [5.41, 5.74) is 1.03. The maximum atomic E-state index is 12.0. The molecule has 1 fully saturated rings. The number of carbonyl (C=O) groups is 2. The first-order chi connectivity index (χ1) is 10.6. The van der Waals surface area contributed by atoms with Crippen LogP contribution in [-0.2, 0) is 4.74 Å². The standard InChI is InChI=1S/C17H24N2O3/c1-3-22-16(20)13-5-4-6-15(11-13)19-17(21)18-14-9-7-12(2)8-10-14/h4-6,11-12,14H,3,7-10H2,1-2H3,(H2,18,19,21). The quantitative estimate of drug-likeness (QED) is 0.836. The highest BCUT2D eigenvalue weighted by Gasteiger charge is 2.19. The summed E-state index contributed by atoms with van der Waals surface area (Å²) < 4.78 is 4.95. The summed E-state index contributed by atoms with van der Waals surface area (Å²) in [5.74, 6) is 0.371. The molecule has 120 valence electrons. The molecule has 5 nitrogen and oxygen atoms in total. The normalized spacial score (nSPS) is 21.0. The summed E-state index contributed by atoms with van der Waals surface area (Å²) in [4.78, 5) is 23.7. The molecule has 2 rings (SSSR count). The van der Waals surface area contributed by atoms with Crippen LogP contribution in [0.25, 0.3) is 0 Å². The lowest BCUT2D eigenvalue weighted by atomic mass is 9.87. The molecule has 0 spiro atoms. The van der Waals surface area contributed by atoms with Gasteiger partial charge in [-0.05, 0) is 56.7 Å². The monoisotopic (exact) mass is 304 g/mol. The number of amides is 2. The number of anilines is 1. The fourth-order valence-corrected chi connectivity index (χ4v) is 2.70. The second kappa shape index (κ2) is 7.82. The van der Waals surface area contributed by atoms with Crippen molar-refractivity contribution < 1.29 is 14.3 Å². The lowest BCUT2D eigenvalue weighted by molar-refractivity contribution is 0.0526. The largest absolute Gasteiger partial charge is 0.462 e. The Morgan fingerprint density at radius 3 is 2.64 bits per heavy atom. The van der Waals surface area contributed by atoms with Crippen LogP contribution in [0, 0.1) is 5.92 Å². The van der Waals surface area contributed by atoms with Gasteiger partial charge in [0.15, 0.2) is 0 Å². The van der Waals surface area contributed by atoms with Crippen molar-refractivity contribution in [2.45, 2.75) is 45.6 Å². The van der Waals surface area contributed by atoms with Gasteiger partial charge in [0.25, 0.3) is 0 Å². The summed E-state index contributed by atoms with van der Waals surface area (Å²) in [5, 5.41) is 5.78. The first-order valence-corrected chi connectivity index (χ1v) is 7.93. The van der Waals surface area contributed by atoms with E-state index in [1.807, 2.05) is 0 Å². The number of rotatable bonds is 4. The lowest BCUT2D eigenvalue weighted by Gasteiger charge is -2.26. The van der Waals surface area contributed by atoms with Crippen molar-refractivity contribution in [3.05, 3.63) is 29.8 Å². The summed E-state index contributed by atoms with van der Waals surface area (Å²) in [6, 6.07) is 6.80. The summed E-state index contributed by atoms with van der Waals surface area (Å²) in [6.45, 7) is 4.34. The molecule has 2 amide bonds. The zero-order valence-corrected chi connectivity index (χ0v) is 13.2. The highest BCUT2D eigenvalue weighted by Crippen LogP contribution is 2.23. The molecule has 0 bridgehead atoms. The Kier molecular flexibility index (Phi) is 5.81. The average molecular weight is 304 g/mol. The topological polar surface area (TPSA) is 67.4 Å². The third-order valence-electron chi connectivity index (χ3n) is 3.98. The van der Waals surface area contributed by atoms with Crippen LogP contribution in [-0.4, -0.2) is 24.6 Å². The fraction of sp³-hybridized carbons (Fsp3) is 0.529. The number of hydrogen-bond donors (Lipinski definition) is 2. The highest BCUT2D eigenvalue weighted by atomic mass is 16.5. The Balaban J connectivity index is 1.88. The van der Waals surface area contributed by atoms with E-state index in [1.54, 1.807) is 31.2 Å². The van der Waals surface area contributed by atoms with Crippen molar-refractivity contribution in [1.82, 2.24) is 5.32 Å². The van der Waals surface area contributed by atoms with Gasteiger partial charge in [-0.1, -0.05) is 13.0 Å². The van der Waals surface area contributed by atoms with Crippen LogP contribution in [0.3, 0.4) is 0 Å². The minimum Gasteiger partial charge on any atom is -0.462 e. The predicted molar refractivity (Wildman–Crippen MR) is 86.0 cm³/mol. The van der Waals surface area contributed by atoms with Crippen molar-refractivity contribution in [3.63, 3.8) is 0 Å². The van der Waals surface area contributed by atoms with Crippen LogP contribution in [0.15, 0.2) is 24.3 Å². The molecule has 1 aromatic rings. The number of ether oxygens (including phenoxy) is 1. The van der Waals surface area contributed by atoms with Crippen LogP contribution in [0.1, 0.15) is 49.9 Å². The number of hydrogen-bond acceptors (Lipinski definition) is 3. The summed E-state index contributed by atoms with van der Waals surface area (Å²) in [7, 11) is 0. The van der Waals surface area contributed by atoms with Gasteiger partial charge in [-0.15, -0.1) is 0 Å². The van der Waals surface area contributed by atoms with E-state index >= 15 is 0 Å². The van der Waals surface area contributed by atoms with E-state index in [0.29, 0.717) is 17.9 Å². The molecule has 1 aromatic carbocycles. The van der Waals surface area contributed by atoms with E-state index < -0.39 is 0 Å². The fourth-order valence-electron chi connectivity index (χ4n) is 2.70. The van der Waals surface area contributed by atoms with E-state index in [4.69, 9.17) is 4.74 Å². The second-order valence-electron chi connectivity index (χ2n) is 5.86. The van der Waals surface area contributed by atoms with E-state index in [0.717, 1.165) is 31.6 Å². The van der Waals surface area contributed by atoms with Gasteiger partial charge in [-0.3, -0.25) is 0 Å². The Morgan fingerprint density at radius 2 is 1.95 bits per heavy atom. The smallest absolute Gasteiger partial charge is 0.338 e. The minimum atomic E-state index is -0.382. The lowest BCUT2D eigenvalue weighted by Crippen LogP contribution is -2.39. The van der Waals surface area contributed by atoms with Crippen LogP contribution in [0.2, 0.25) is 0 Å². The number of urea groups is 1. The van der Waals surface area contributed by atoms with E-state index in [9.17, 15) is 9.59 Å². The molecule has 0 heterocycles. The second-order valence-corrected chi connectivity index (χ2v) is 5.86. The first kappa shape index (κ1) is 16.3. The van der Waals surface area contributed by atoms with Crippen LogP contribution in [0.5, 0.6) is 0 Å². The van der Waals surface area contributed by atoms with E-state index in [2.05, 4.69) is 17.6 Å². The number of carbonyl (C=O) groups excluding carboxylic acids is 2. The van der Waals surface area contributed by atoms with Gasteiger partial charge in [0.05, 0.1) is 12.2 Å². The van der Waals surface area contributed by atoms with Crippen LogP contribution >= 0.6 is 0 Å². The molecule has 0 saturated heterocycles. The molecule has 0 radical (unpaired) electrons. The molecular formula is C17H24N2O3. The van der Waals surface area contributed by atoms with Gasteiger partial charge in [-0.2, -0.15) is 0 Å². The highest BCUT2D eigenvalue weighted by molar-refractivity contribution is 5.94. The minimum absolute atomic E-state index is 0.222. The molecular weight excluding hydrogens is 280 g/mol. The zero-order valence-electron chi connectivity index (χ0n) is 13.2. The van der Waals surface area contributed by atoms with Crippen LogP contribution in [0.4, 0.5) is 10.5 Å². The maximum Gasteiger partial charge on any atom is 0.338 e. The van der Waals surface area contributed by atoms with Gasteiger partial charge in [0, 0.05) is 11.7 Å². The molecule has 0 atom stereocenters. The van der Waals surface area contributed by atoms with Crippen molar-refractivity contribution in [2.75, 3.05) is 11.9 Å². The third-order valence-corrected chi connectivity index (χ3v) is 3.98. The Labute approximate surface area is 131 Å². The molecule has 0 aromatic heterocycles. The molecule has 0 aliphatic heterocycles. The number of nitrogens with one attached hydrogen (secondary N) is 2. The molecule has 1 aliphatic carbocycles. The van der Waals surface area contributed by atoms with Gasteiger partial charge >= 0.3 is 12.0 Å². The number of esters is 1. The van der Waals surface area contributed by atoms with Gasteiger partial charge in [0.2, 0.25) is 0 Å². The van der Waals surface area contributed by atoms with Gasteiger partial charge in [-0.25, -0.2) is 9.59 Å². The van der Waals surface area contributed by atoms with Gasteiger partial charge < -0.3 is 15.4 Å².